The Balaban J connectivity index is 0.00000225. The van der Waals surface area contributed by atoms with E-state index in [1.165, 1.54) is 0 Å². The molecule has 2 aromatic rings. The predicted octanol–water partition coefficient (Wildman–Crippen LogP) is 3.30. The minimum absolute atomic E-state index is 0. The van der Waals surface area contributed by atoms with Crippen LogP contribution in [0, 0.1) is 5.92 Å². The Bertz CT molecular complexity index is 698. The normalized spacial score (nSPS) is 14.2. The van der Waals surface area contributed by atoms with Crippen LogP contribution in [0.5, 0.6) is 0 Å². The fourth-order valence-corrected chi connectivity index (χ4v) is 2.76. The lowest BCUT2D eigenvalue weighted by atomic mass is 9.97. The summed E-state index contributed by atoms with van der Waals surface area (Å²) in [6.07, 6.45) is 1.73. The first kappa shape index (κ1) is 19.0. The van der Waals surface area contributed by atoms with Gasteiger partial charge in [0.1, 0.15) is 0 Å². The van der Waals surface area contributed by atoms with E-state index >= 15 is 0 Å². The standard InChI is InChI=1S/C19H21N3O2.ClH/c23-18(21-16-4-2-1-3-5-16)14-6-8-17(9-7-14)22-19(24)15-10-12-20-13-11-15;/h1-9,15,20H,10-13H2,(H,21,23)(H,22,24);1H. The Kier molecular flexibility index (Phi) is 6.98. The van der Waals surface area contributed by atoms with Crippen molar-refractivity contribution in [2.75, 3.05) is 23.7 Å². The molecule has 0 saturated carbocycles. The van der Waals surface area contributed by atoms with E-state index in [4.69, 9.17) is 0 Å². The second kappa shape index (κ2) is 9.20. The van der Waals surface area contributed by atoms with Crippen LogP contribution in [0.15, 0.2) is 54.6 Å². The molecule has 132 valence electrons. The molecule has 2 aromatic carbocycles. The van der Waals surface area contributed by atoms with Crippen molar-refractivity contribution >= 4 is 35.6 Å². The van der Waals surface area contributed by atoms with Crippen molar-refractivity contribution in [3.8, 4) is 0 Å². The number of rotatable bonds is 4. The van der Waals surface area contributed by atoms with E-state index in [0.29, 0.717) is 5.56 Å². The van der Waals surface area contributed by atoms with Gasteiger partial charge in [0.15, 0.2) is 0 Å². The zero-order chi connectivity index (χ0) is 16.8. The van der Waals surface area contributed by atoms with Crippen molar-refractivity contribution in [2.45, 2.75) is 12.8 Å². The van der Waals surface area contributed by atoms with E-state index < -0.39 is 0 Å². The number of anilines is 2. The third-order valence-corrected chi connectivity index (χ3v) is 4.16. The highest BCUT2D eigenvalue weighted by atomic mass is 35.5. The summed E-state index contributed by atoms with van der Waals surface area (Å²) in [5, 5.41) is 9.01. The highest BCUT2D eigenvalue weighted by Gasteiger charge is 2.20. The Morgan fingerprint density at radius 2 is 1.44 bits per heavy atom. The summed E-state index contributed by atoms with van der Waals surface area (Å²) in [5.41, 5.74) is 2.03. The van der Waals surface area contributed by atoms with Gasteiger partial charge in [0.2, 0.25) is 5.91 Å². The van der Waals surface area contributed by atoms with Crippen LogP contribution in [0.4, 0.5) is 11.4 Å². The molecule has 3 rings (SSSR count). The number of carbonyl (C=O) groups is 2. The van der Waals surface area contributed by atoms with Crippen LogP contribution < -0.4 is 16.0 Å². The molecule has 0 bridgehead atoms. The molecule has 0 unspecified atom stereocenters. The van der Waals surface area contributed by atoms with E-state index in [1.54, 1.807) is 24.3 Å². The molecule has 0 atom stereocenters. The first-order chi connectivity index (χ1) is 11.7. The van der Waals surface area contributed by atoms with Crippen molar-refractivity contribution in [1.82, 2.24) is 5.32 Å². The van der Waals surface area contributed by atoms with Crippen LogP contribution in [0.2, 0.25) is 0 Å². The number of halogens is 1. The summed E-state index contributed by atoms with van der Waals surface area (Å²) in [6.45, 7) is 1.77. The van der Waals surface area contributed by atoms with Gasteiger partial charge in [0.25, 0.3) is 5.91 Å². The van der Waals surface area contributed by atoms with Gasteiger partial charge in [-0.05, 0) is 62.3 Å². The number of hydrogen-bond donors (Lipinski definition) is 3. The third kappa shape index (κ3) is 5.31. The van der Waals surface area contributed by atoms with Crippen LogP contribution in [-0.4, -0.2) is 24.9 Å². The zero-order valence-electron chi connectivity index (χ0n) is 13.8. The van der Waals surface area contributed by atoms with E-state index in [9.17, 15) is 9.59 Å². The van der Waals surface area contributed by atoms with Crippen LogP contribution in [-0.2, 0) is 4.79 Å². The smallest absolute Gasteiger partial charge is 0.255 e. The van der Waals surface area contributed by atoms with Crippen molar-refractivity contribution in [2.24, 2.45) is 5.92 Å². The van der Waals surface area contributed by atoms with Crippen LogP contribution in [0.1, 0.15) is 23.2 Å². The highest BCUT2D eigenvalue weighted by molar-refractivity contribution is 6.04. The SMILES string of the molecule is Cl.O=C(Nc1ccccc1)c1ccc(NC(=O)C2CCNCC2)cc1. The van der Waals surface area contributed by atoms with Gasteiger partial charge in [-0.3, -0.25) is 9.59 Å². The van der Waals surface area contributed by atoms with Crippen molar-refractivity contribution in [1.29, 1.82) is 0 Å². The topological polar surface area (TPSA) is 70.2 Å². The zero-order valence-corrected chi connectivity index (χ0v) is 14.6. The molecule has 2 amide bonds. The first-order valence-electron chi connectivity index (χ1n) is 8.20. The molecule has 0 spiro atoms. The van der Waals surface area contributed by atoms with Crippen LogP contribution >= 0.6 is 12.4 Å². The van der Waals surface area contributed by atoms with Crippen molar-refractivity contribution in [3.05, 3.63) is 60.2 Å². The van der Waals surface area contributed by atoms with Gasteiger partial charge in [-0.1, -0.05) is 18.2 Å². The number of amides is 2. The van der Waals surface area contributed by atoms with Crippen molar-refractivity contribution in [3.63, 3.8) is 0 Å². The number of benzene rings is 2. The Morgan fingerprint density at radius 1 is 0.840 bits per heavy atom. The van der Waals surface area contributed by atoms with Crippen LogP contribution in [0.3, 0.4) is 0 Å². The lowest BCUT2D eigenvalue weighted by molar-refractivity contribution is -0.120. The molecule has 1 aliphatic heterocycles. The molecule has 6 heteroatoms. The van der Waals surface area contributed by atoms with Gasteiger partial charge in [0.05, 0.1) is 0 Å². The first-order valence-corrected chi connectivity index (χ1v) is 8.20. The number of para-hydroxylation sites is 1. The molecule has 0 aliphatic carbocycles. The minimum atomic E-state index is -0.169. The summed E-state index contributed by atoms with van der Waals surface area (Å²) in [4.78, 5) is 24.4. The highest BCUT2D eigenvalue weighted by Crippen LogP contribution is 2.17. The summed E-state index contributed by atoms with van der Waals surface area (Å²) in [7, 11) is 0. The summed E-state index contributed by atoms with van der Waals surface area (Å²) in [5.74, 6) is -0.0530. The molecular weight excluding hydrogens is 338 g/mol. The second-order valence-electron chi connectivity index (χ2n) is 5.91. The van der Waals surface area contributed by atoms with E-state index in [-0.39, 0.29) is 30.1 Å². The van der Waals surface area contributed by atoms with Gasteiger partial charge in [0, 0.05) is 22.9 Å². The van der Waals surface area contributed by atoms with Gasteiger partial charge >= 0.3 is 0 Å². The average Bonchev–Trinajstić information content (AvgIpc) is 2.64. The molecule has 0 aromatic heterocycles. The van der Waals surface area contributed by atoms with E-state index in [0.717, 1.165) is 37.3 Å². The molecule has 5 nitrogen and oxygen atoms in total. The number of carbonyl (C=O) groups excluding carboxylic acids is 2. The maximum atomic E-state index is 12.2. The Hall–Kier alpha value is -2.37. The molecule has 1 fully saturated rings. The molecule has 25 heavy (non-hydrogen) atoms. The fraction of sp³-hybridized carbons (Fsp3) is 0.263. The molecule has 1 saturated heterocycles. The lowest BCUT2D eigenvalue weighted by Crippen LogP contribution is -2.34. The Morgan fingerprint density at radius 3 is 2.08 bits per heavy atom. The number of hydrogen-bond acceptors (Lipinski definition) is 3. The second-order valence-corrected chi connectivity index (χ2v) is 5.91. The Labute approximate surface area is 153 Å². The monoisotopic (exact) mass is 359 g/mol. The number of piperidine rings is 1. The minimum Gasteiger partial charge on any atom is -0.326 e. The van der Waals surface area contributed by atoms with Gasteiger partial charge < -0.3 is 16.0 Å². The average molecular weight is 360 g/mol. The summed E-state index contributed by atoms with van der Waals surface area (Å²) in [6, 6.07) is 16.3. The molecule has 1 heterocycles. The quantitative estimate of drug-likeness (QED) is 0.784. The molecule has 1 aliphatic rings. The summed E-state index contributed by atoms with van der Waals surface area (Å²) < 4.78 is 0. The number of nitrogens with one attached hydrogen (secondary N) is 3. The third-order valence-electron chi connectivity index (χ3n) is 4.16. The molecular formula is C19H22ClN3O2. The van der Waals surface area contributed by atoms with E-state index in [1.807, 2.05) is 30.3 Å². The maximum Gasteiger partial charge on any atom is 0.255 e. The largest absolute Gasteiger partial charge is 0.326 e. The lowest BCUT2D eigenvalue weighted by Gasteiger charge is -2.21. The molecule has 3 N–H and O–H groups in total. The molecule has 0 radical (unpaired) electrons. The van der Waals surface area contributed by atoms with E-state index in [2.05, 4.69) is 16.0 Å². The summed E-state index contributed by atoms with van der Waals surface area (Å²) >= 11 is 0. The van der Waals surface area contributed by atoms with Gasteiger partial charge in [-0.2, -0.15) is 0 Å². The predicted molar refractivity (Wildman–Crippen MR) is 102 cm³/mol. The van der Waals surface area contributed by atoms with Crippen LogP contribution in [0.25, 0.3) is 0 Å². The maximum absolute atomic E-state index is 12.2. The van der Waals surface area contributed by atoms with Crippen molar-refractivity contribution < 1.29 is 9.59 Å². The fourth-order valence-electron chi connectivity index (χ4n) is 2.76. The van der Waals surface area contributed by atoms with Gasteiger partial charge in [-0.15, -0.1) is 12.4 Å². The van der Waals surface area contributed by atoms with Gasteiger partial charge in [-0.25, -0.2) is 0 Å².